The van der Waals surface area contributed by atoms with Crippen LogP contribution in [0.4, 0.5) is 0 Å². The van der Waals surface area contributed by atoms with Crippen LogP contribution in [0.5, 0.6) is 0 Å². The minimum atomic E-state index is -3.74. The number of rotatable bonds is 6. The number of amides is 2. The number of piperazine rings is 1. The average Bonchev–Trinajstić information content (AvgIpc) is 3.52. The van der Waals surface area contributed by atoms with E-state index in [0.29, 0.717) is 24.6 Å². The van der Waals surface area contributed by atoms with Crippen molar-refractivity contribution in [3.05, 3.63) is 52.2 Å². The number of thiophene rings is 1. The number of carbonyl (C=O) groups is 2. The summed E-state index contributed by atoms with van der Waals surface area (Å²) < 4.78 is 27.7. The Morgan fingerprint density at radius 3 is 2.41 bits per heavy atom. The molecular weight excluding hydrogens is 446 g/mol. The number of hydrogen-bond donors (Lipinski definition) is 1. The summed E-state index contributed by atoms with van der Waals surface area (Å²) in [5.41, 5.74) is 0.341. The summed E-state index contributed by atoms with van der Waals surface area (Å²) in [5.74, 6) is 0.0964. The third-order valence-corrected chi connectivity index (χ3v) is 9.28. The molecule has 1 aromatic carbocycles. The van der Waals surface area contributed by atoms with Crippen LogP contribution in [-0.2, 0) is 14.8 Å². The van der Waals surface area contributed by atoms with E-state index in [1.165, 1.54) is 36.2 Å². The summed E-state index contributed by atoms with van der Waals surface area (Å²) >= 11 is 1.64. The van der Waals surface area contributed by atoms with Crippen LogP contribution in [0, 0.1) is 5.92 Å². The van der Waals surface area contributed by atoms with E-state index < -0.39 is 10.0 Å². The minimum Gasteiger partial charge on any atom is -0.344 e. The molecule has 4 rings (SSSR count). The molecule has 2 heterocycles. The molecule has 0 spiro atoms. The van der Waals surface area contributed by atoms with Gasteiger partial charge in [-0.1, -0.05) is 25.0 Å². The van der Waals surface area contributed by atoms with Gasteiger partial charge in [0.05, 0.1) is 10.9 Å². The Hall–Kier alpha value is -2.23. The van der Waals surface area contributed by atoms with Crippen molar-refractivity contribution in [2.24, 2.45) is 5.92 Å². The van der Waals surface area contributed by atoms with Crippen LogP contribution in [0.15, 0.2) is 46.7 Å². The van der Waals surface area contributed by atoms with Gasteiger partial charge in [-0.05, 0) is 48.4 Å². The third-order valence-electron chi connectivity index (χ3n) is 6.43. The van der Waals surface area contributed by atoms with Crippen molar-refractivity contribution in [3.63, 3.8) is 0 Å². The van der Waals surface area contributed by atoms with Crippen molar-refractivity contribution in [1.29, 1.82) is 0 Å². The molecule has 1 aliphatic carbocycles. The molecule has 0 bridgehead atoms. The van der Waals surface area contributed by atoms with Gasteiger partial charge in [-0.3, -0.25) is 9.59 Å². The molecule has 1 aliphatic heterocycles. The highest BCUT2D eigenvalue weighted by molar-refractivity contribution is 7.89. The van der Waals surface area contributed by atoms with Gasteiger partial charge in [-0.25, -0.2) is 8.42 Å². The lowest BCUT2D eigenvalue weighted by atomic mass is 9.96. The first kappa shape index (κ1) is 22.9. The lowest BCUT2D eigenvalue weighted by Gasteiger charge is -2.33. The molecule has 0 radical (unpaired) electrons. The predicted molar refractivity (Wildman–Crippen MR) is 124 cm³/mol. The van der Waals surface area contributed by atoms with Crippen LogP contribution in [0.3, 0.4) is 0 Å². The highest BCUT2D eigenvalue weighted by atomic mass is 32.2. The zero-order valence-electron chi connectivity index (χ0n) is 18.2. The quantitative estimate of drug-likeness (QED) is 0.695. The molecule has 1 N–H and O–H groups in total. The van der Waals surface area contributed by atoms with Gasteiger partial charge in [-0.15, -0.1) is 11.3 Å². The second-order valence-electron chi connectivity index (χ2n) is 8.45. The number of nitrogens with one attached hydrogen (secondary N) is 1. The van der Waals surface area contributed by atoms with Crippen molar-refractivity contribution < 1.29 is 18.0 Å². The molecule has 172 valence electrons. The monoisotopic (exact) mass is 475 g/mol. The summed E-state index contributed by atoms with van der Waals surface area (Å²) in [6, 6.07) is 10.2. The maximum Gasteiger partial charge on any atom is 0.251 e. The number of hydrogen-bond acceptors (Lipinski definition) is 5. The Balaban J connectivity index is 1.50. The molecule has 1 saturated carbocycles. The van der Waals surface area contributed by atoms with Gasteiger partial charge in [0.1, 0.15) is 0 Å². The maximum atomic E-state index is 13.1. The van der Waals surface area contributed by atoms with Crippen molar-refractivity contribution in [2.45, 2.75) is 43.5 Å². The van der Waals surface area contributed by atoms with Crippen LogP contribution in [0.1, 0.15) is 53.9 Å². The van der Waals surface area contributed by atoms with E-state index >= 15 is 0 Å². The van der Waals surface area contributed by atoms with E-state index in [-0.39, 0.29) is 35.8 Å². The topological polar surface area (TPSA) is 86.8 Å². The fraction of sp³-hybridized carbons (Fsp3) is 0.478. The van der Waals surface area contributed by atoms with Gasteiger partial charge < -0.3 is 10.2 Å². The smallest absolute Gasteiger partial charge is 0.251 e. The Labute approximate surface area is 193 Å². The molecule has 1 atom stereocenters. The number of nitrogens with zero attached hydrogens (tertiary/aromatic N) is 2. The summed E-state index contributed by atoms with van der Waals surface area (Å²) in [6.45, 7) is 2.74. The minimum absolute atomic E-state index is 0.0510. The van der Waals surface area contributed by atoms with Gasteiger partial charge >= 0.3 is 0 Å². The molecule has 2 aromatic rings. The molecular formula is C23H29N3O4S2. The van der Waals surface area contributed by atoms with E-state index in [9.17, 15) is 18.0 Å². The van der Waals surface area contributed by atoms with E-state index in [0.717, 1.165) is 17.7 Å². The van der Waals surface area contributed by atoms with Crippen molar-refractivity contribution >= 4 is 33.2 Å². The number of carbonyl (C=O) groups excluding carboxylic acids is 2. The van der Waals surface area contributed by atoms with Gasteiger partial charge in [0.15, 0.2) is 0 Å². The summed E-state index contributed by atoms with van der Waals surface area (Å²) in [7, 11) is -3.74. The molecule has 2 fully saturated rings. The molecule has 1 aromatic heterocycles. The second-order valence-corrected chi connectivity index (χ2v) is 11.4. The Morgan fingerprint density at radius 2 is 1.78 bits per heavy atom. The van der Waals surface area contributed by atoms with E-state index in [4.69, 9.17) is 0 Å². The summed E-state index contributed by atoms with van der Waals surface area (Å²) in [6.07, 6.45) is 4.52. The van der Waals surface area contributed by atoms with Crippen molar-refractivity contribution in [3.8, 4) is 0 Å². The van der Waals surface area contributed by atoms with Gasteiger partial charge in [0.2, 0.25) is 15.9 Å². The zero-order chi connectivity index (χ0) is 22.7. The van der Waals surface area contributed by atoms with Crippen molar-refractivity contribution in [1.82, 2.24) is 14.5 Å². The van der Waals surface area contributed by atoms with E-state index in [2.05, 4.69) is 11.4 Å². The first-order valence-corrected chi connectivity index (χ1v) is 13.4. The largest absolute Gasteiger partial charge is 0.344 e. The molecule has 2 amide bonds. The normalized spacial score (nSPS) is 19.1. The SMILES string of the molecule is CC(=O)N1CCN(S(=O)(=O)c2cccc(C(=O)NC(c3cccs3)C3CCCC3)c2)CC1. The first-order valence-electron chi connectivity index (χ1n) is 11.1. The van der Waals surface area contributed by atoms with Crippen LogP contribution < -0.4 is 5.32 Å². The van der Waals surface area contributed by atoms with Crippen molar-refractivity contribution in [2.75, 3.05) is 26.2 Å². The highest BCUT2D eigenvalue weighted by Gasteiger charge is 2.31. The lowest BCUT2D eigenvalue weighted by molar-refractivity contribution is -0.129. The average molecular weight is 476 g/mol. The van der Waals surface area contributed by atoms with Crippen LogP contribution in [0.25, 0.3) is 0 Å². The molecule has 2 aliphatic rings. The summed E-state index contributed by atoms with van der Waals surface area (Å²) in [4.78, 5) is 27.5. The Bertz CT molecular complexity index is 1050. The van der Waals surface area contributed by atoms with Crippen LogP contribution in [-0.4, -0.2) is 55.6 Å². The van der Waals surface area contributed by atoms with Gasteiger partial charge in [-0.2, -0.15) is 4.31 Å². The fourth-order valence-electron chi connectivity index (χ4n) is 4.60. The molecule has 32 heavy (non-hydrogen) atoms. The van der Waals surface area contributed by atoms with Gasteiger partial charge in [0, 0.05) is 43.5 Å². The molecule has 1 saturated heterocycles. The van der Waals surface area contributed by atoms with E-state index in [1.807, 2.05) is 11.4 Å². The highest BCUT2D eigenvalue weighted by Crippen LogP contribution is 2.37. The zero-order valence-corrected chi connectivity index (χ0v) is 19.8. The van der Waals surface area contributed by atoms with E-state index in [1.54, 1.807) is 28.4 Å². The fourth-order valence-corrected chi connectivity index (χ4v) is 6.93. The van der Waals surface area contributed by atoms with Gasteiger partial charge in [0.25, 0.3) is 5.91 Å². The Kier molecular flexibility index (Phi) is 6.97. The maximum absolute atomic E-state index is 13.1. The predicted octanol–water partition coefficient (Wildman–Crippen LogP) is 3.26. The second kappa shape index (κ2) is 9.72. The molecule has 7 nitrogen and oxygen atoms in total. The third kappa shape index (κ3) is 4.89. The lowest BCUT2D eigenvalue weighted by Crippen LogP contribution is -2.49. The summed E-state index contributed by atoms with van der Waals surface area (Å²) in [5, 5.41) is 5.19. The molecule has 9 heteroatoms. The Morgan fingerprint density at radius 1 is 1.06 bits per heavy atom. The number of benzene rings is 1. The standard InChI is InChI=1S/C23H29N3O4S2/c1-17(27)25-11-13-26(14-12-25)32(29,30)20-9-4-8-19(16-20)23(28)24-22(18-6-2-3-7-18)21-10-5-15-31-21/h4-5,8-10,15-16,18,22H,2-3,6-7,11-14H2,1H3,(H,24,28). The van der Waals surface area contributed by atoms with Crippen LogP contribution in [0.2, 0.25) is 0 Å². The molecule has 1 unspecified atom stereocenters. The van der Waals surface area contributed by atoms with Crippen LogP contribution >= 0.6 is 11.3 Å². The first-order chi connectivity index (χ1) is 15.4. The number of sulfonamides is 1.